The Morgan fingerprint density at radius 2 is 2.38 bits per heavy atom. The van der Waals surface area contributed by atoms with E-state index in [0.29, 0.717) is 23.1 Å². The minimum atomic E-state index is -0.129. The van der Waals surface area contributed by atoms with E-state index in [4.69, 9.17) is 16.7 Å². The molecular weight excluding hydrogens is 228 g/mol. The highest BCUT2D eigenvalue weighted by molar-refractivity contribution is 6.32. The number of hydrogen-bond donors (Lipinski definition) is 3. The minimum Gasteiger partial charge on any atom is -0.394 e. The van der Waals surface area contributed by atoms with Gasteiger partial charge in [-0.1, -0.05) is 17.7 Å². The highest BCUT2D eigenvalue weighted by Crippen LogP contribution is 2.25. The van der Waals surface area contributed by atoms with Crippen LogP contribution in [0, 0.1) is 0 Å². The molecule has 0 saturated heterocycles. The zero-order valence-corrected chi connectivity index (χ0v) is 9.83. The third-order valence-corrected chi connectivity index (χ3v) is 2.35. The fourth-order valence-corrected chi connectivity index (χ4v) is 1.50. The van der Waals surface area contributed by atoms with Gasteiger partial charge in [0.15, 0.2) is 11.0 Å². The summed E-state index contributed by atoms with van der Waals surface area (Å²) in [6.07, 6.45) is 3.74. The molecule has 0 aliphatic rings. The lowest BCUT2D eigenvalue weighted by molar-refractivity contribution is 0.275. The maximum atomic E-state index is 9.14. The molecular formula is C10H15ClN4O. The first-order valence-corrected chi connectivity index (χ1v) is 5.27. The van der Waals surface area contributed by atoms with Gasteiger partial charge in [-0.3, -0.25) is 0 Å². The van der Waals surface area contributed by atoms with Gasteiger partial charge in [-0.2, -0.15) is 0 Å². The van der Waals surface area contributed by atoms with Gasteiger partial charge < -0.3 is 15.7 Å². The molecule has 1 atom stereocenters. The molecule has 0 bridgehead atoms. The van der Waals surface area contributed by atoms with Crippen molar-refractivity contribution < 1.29 is 5.11 Å². The van der Waals surface area contributed by atoms with Crippen LogP contribution < -0.4 is 10.6 Å². The molecule has 0 aliphatic carbocycles. The Labute approximate surface area is 99.6 Å². The maximum absolute atomic E-state index is 9.14. The van der Waals surface area contributed by atoms with Gasteiger partial charge in [0.05, 0.1) is 12.6 Å². The average molecular weight is 243 g/mol. The Kier molecular flexibility index (Phi) is 5.01. The van der Waals surface area contributed by atoms with E-state index in [1.54, 1.807) is 13.1 Å². The molecule has 0 aliphatic heterocycles. The quantitative estimate of drug-likeness (QED) is 0.521. The molecule has 3 N–H and O–H groups in total. The lowest BCUT2D eigenvalue weighted by Gasteiger charge is -2.17. The second-order valence-corrected chi connectivity index (χ2v) is 3.54. The number of aromatic nitrogens is 2. The number of hydrogen-bond acceptors (Lipinski definition) is 5. The summed E-state index contributed by atoms with van der Waals surface area (Å²) in [6, 6.07) is -0.129. The lowest BCUT2D eigenvalue weighted by Crippen LogP contribution is -2.24. The van der Waals surface area contributed by atoms with Crippen LogP contribution in [-0.4, -0.2) is 34.8 Å². The van der Waals surface area contributed by atoms with Crippen molar-refractivity contribution in [2.24, 2.45) is 0 Å². The second kappa shape index (κ2) is 6.30. The fourth-order valence-electron chi connectivity index (χ4n) is 1.27. The van der Waals surface area contributed by atoms with Crippen molar-refractivity contribution >= 4 is 23.1 Å². The molecule has 16 heavy (non-hydrogen) atoms. The molecule has 0 saturated carbocycles. The highest BCUT2D eigenvalue weighted by Gasteiger charge is 2.12. The van der Waals surface area contributed by atoms with E-state index in [2.05, 4.69) is 27.2 Å². The molecule has 0 radical (unpaired) electrons. The zero-order chi connectivity index (χ0) is 12.0. The predicted octanol–water partition coefficient (Wildman–Crippen LogP) is 1.52. The Morgan fingerprint density at radius 3 is 2.94 bits per heavy atom. The number of nitrogens with one attached hydrogen (secondary N) is 2. The number of rotatable bonds is 6. The number of nitrogens with zero attached hydrogens (tertiary/aromatic N) is 2. The van der Waals surface area contributed by atoms with Gasteiger partial charge in [0, 0.05) is 7.05 Å². The molecule has 1 aromatic heterocycles. The standard InChI is InChI=1S/C10H15ClN4O/c1-3-4-7(5-16)15-10-8(12-2)9(11)13-6-14-10/h3,6-7,12,16H,1,4-5H2,2H3,(H,13,14,15). The van der Waals surface area contributed by atoms with Crippen molar-refractivity contribution in [3.8, 4) is 0 Å². The summed E-state index contributed by atoms with van der Waals surface area (Å²) in [5.74, 6) is 0.573. The molecule has 6 heteroatoms. The minimum absolute atomic E-state index is 0.00318. The van der Waals surface area contributed by atoms with Crippen LogP contribution in [-0.2, 0) is 0 Å². The molecule has 88 valence electrons. The van der Waals surface area contributed by atoms with Crippen LogP contribution in [0.25, 0.3) is 0 Å². The second-order valence-electron chi connectivity index (χ2n) is 3.19. The first kappa shape index (κ1) is 12.7. The normalized spacial score (nSPS) is 11.9. The largest absolute Gasteiger partial charge is 0.394 e. The molecule has 1 aromatic rings. The highest BCUT2D eigenvalue weighted by atomic mass is 35.5. The summed E-state index contributed by atoms with van der Waals surface area (Å²) in [5, 5.41) is 15.5. The lowest BCUT2D eigenvalue weighted by atomic mass is 10.2. The van der Waals surface area contributed by atoms with Gasteiger partial charge in [-0.05, 0) is 6.42 Å². The summed E-state index contributed by atoms with van der Waals surface area (Å²) in [7, 11) is 1.73. The van der Waals surface area contributed by atoms with E-state index in [1.165, 1.54) is 6.33 Å². The SMILES string of the molecule is C=CCC(CO)Nc1ncnc(Cl)c1NC. The first-order chi connectivity index (χ1) is 7.72. The van der Waals surface area contributed by atoms with Gasteiger partial charge >= 0.3 is 0 Å². The Bertz CT molecular complexity index is 359. The molecule has 0 aromatic carbocycles. The molecule has 1 rings (SSSR count). The first-order valence-electron chi connectivity index (χ1n) is 4.89. The summed E-state index contributed by atoms with van der Waals surface area (Å²) in [4.78, 5) is 7.92. The average Bonchev–Trinajstić information content (AvgIpc) is 2.28. The van der Waals surface area contributed by atoms with Gasteiger partial charge in [0.25, 0.3) is 0 Å². The fraction of sp³-hybridized carbons (Fsp3) is 0.400. The maximum Gasteiger partial charge on any atom is 0.157 e. The molecule has 0 fully saturated rings. The van der Waals surface area contributed by atoms with Gasteiger partial charge in [0.1, 0.15) is 12.0 Å². The zero-order valence-electron chi connectivity index (χ0n) is 9.07. The van der Waals surface area contributed by atoms with Crippen molar-refractivity contribution in [2.75, 3.05) is 24.3 Å². The number of aliphatic hydroxyl groups is 1. The van der Waals surface area contributed by atoms with Crippen LogP contribution in [0.2, 0.25) is 5.15 Å². The molecule has 1 heterocycles. The Balaban J connectivity index is 2.86. The van der Waals surface area contributed by atoms with E-state index in [9.17, 15) is 0 Å². The molecule has 5 nitrogen and oxygen atoms in total. The number of anilines is 2. The third kappa shape index (κ3) is 3.08. The van der Waals surface area contributed by atoms with Crippen molar-refractivity contribution in [1.29, 1.82) is 0 Å². The van der Waals surface area contributed by atoms with Crippen LogP contribution in [0.3, 0.4) is 0 Å². The van der Waals surface area contributed by atoms with Crippen molar-refractivity contribution in [3.05, 3.63) is 24.1 Å². The summed E-state index contributed by atoms with van der Waals surface area (Å²) in [6.45, 7) is 3.62. The van der Waals surface area contributed by atoms with E-state index < -0.39 is 0 Å². The topological polar surface area (TPSA) is 70.1 Å². The van der Waals surface area contributed by atoms with E-state index >= 15 is 0 Å². The molecule has 0 spiro atoms. The number of aliphatic hydroxyl groups excluding tert-OH is 1. The van der Waals surface area contributed by atoms with Crippen LogP contribution in [0.15, 0.2) is 19.0 Å². The van der Waals surface area contributed by atoms with Crippen LogP contribution in [0.1, 0.15) is 6.42 Å². The Hall–Kier alpha value is -1.33. The number of halogens is 1. The van der Waals surface area contributed by atoms with Gasteiger partial charge in [-0.15, -0.1) is 6.58 Å². The Morgan fingerprint density at radius 1 is 1.62 bits per heavy atom. The van der Waals surface area contributed by atoms with Gasteiger partial charge in [-0.25, -0.2) is 9.97 Å². The van der Waals surface area contributed by atoms with Crippen molar-refractivity contribution in [1.82, 2.24) is 9.97 Å². The van der Waals surface area contributed by atoms with Crippen molar-refractivity contribution in [2.45, 2.75) is 12.5 Å². The van der Waals surface area contributed by atoms with E-state index in [-0.39, 0.29) is 12.6 Å². The van der Waals surface area contributed by atoms with Crippen molar-refractivity contribution in [3.63, 3.8) is 0 Å². The molecule has 0 amide bonds. The summed E-state index contributed by atoms with van der Waals surface area (Å²) < 4.78 is 0. The van der Waals surface area contributed by atoms with Crippen LogP contribution in [0.5, 0.6) is 0 Å². The molecule has 1 unspecified atom stereocenters. The monoisotopic (exact) mass is 242 g/mol. The summed E-state index contributed by atoms with van der Waals surface area (Å²) >= 11 is 5.90. The van der Waals surface area contributed by atoms with E-state index in [1.807, 2.05) is 0 Å². The smallest absolute Gasteiger partial charge is 0.157 e. The van der Waals surface area contributed by atoms with Gasteiger partial charge in [0.2, 0.25) is 0 Å². The third-order valence-electron chi connectivity index (χ3n) is 2.06. The van der Waals surface area contributed by atoms with Crippen LogP contribution in [0.4, 0.5) is 11.5 Å². The van der Waals surface area contributed by atoms with Crippen LogP contribution >= 0.6 is 11.6 Å². The van der Waals surface area contributed by atoms with E-state index in [0.717, 1.165) is 0 Å². The predicted molar refractivity (Wildman–Crippen MR) is 65.9 cm³/mol. The summed E-state index contributed by atoms with van der Waals surface area (Å²) in [5.41, 5.74) is 0.617.